The summed E-state index contributed by atoms with van der Waals surface area (Å²) < 4.78 is 16.8. The lowest BCUT2D eigenvalue weighted by atomic mass is 10.0. The fourth-order valence-electron chi connectivity index (χ4n) is 7.81. The third-order valence-corrected chi connectivity index (χ3v) is 11.9. The fourth-order valence-corrected chi connectivity index (χ4v) is 7.81. The van der Waals surface area contributed by atoms with E-state index in [1.165, 1.54) is 154 Å². The highest BCUT2D eigenvalue weighted by molar-refractivity contribution is 5.71. The first-order chi connectivity index (χ1) is 31.0. The van der Waals surface area contributed by atoms with Crippen molar-refractivity contribution in [2.24, 2.45) is 0 Å². The molecular formula is C57H102O6. The molecule has 366 valence electrons. The summed E-state index contributed by atoms with van der Waals surface area (Å²) in [6.07, 6.45) is 62.4. The van der Waals surface area contributed by atoms with Crippen LogP contribution in [0.15, 0.2) is 48.6 Å². The standard InChI is InChI=1S/C57H102O6/c1-4-7-10-13-16-19-21-23-25-27-29-31-33-35-38-41-44-47-50-56(59)62-53-54(52-61-55(58)49-46-43-40-37-18-15-12-9-6-3)63-57(60)51-48-45-42-39-36-34-32-30-28-26-24-22-20-17-14-11-8-5-2/h16,19,21,23,25,27,29,31,54H,4-15,17-18,20,22,24,26,28,30,32-53H2,1-3H3/b19-16-,23-21-,27-25-,31-29-. The van der Waals surface area contributed by atoms with Gasteiger partial charge < -0.3 is 14.2 Å². The molecule has 0 rings (SSSR count). The summed E-state index contributed by atoms with van der Waals surface area (Å²) in [6.45, 7) is 6.59. The number of hydrogen-bond donors (Lipinski definition) is 0. The van der Waals surface area contributed by atoms with Crippen molar-refractivity contribution >= 4 is 17.9 Å². The molecule has 0 aromatic carbocycles. The van der Waals surface area contributed by atoms with Gasteiger partial charge in [-0.15, -0.1) is 0 Å². The number of allylic oxidation sites excluding steroid dienone is 8. The second kappa shape index (κ2) is 52.0. The summed E-state index contributed by atoms with van der Waals surface area (Å²) >= 11 is 0. The van der Waals surface area contributed by atoms with Crippen LogP contribution in [0.5, 0.6) is 0 Å². The molecule has 0 N–H and O–H groups in total. The zero-order valence-electron chi connectivity index (χ0n) is 41.8. The Kier molecular flexibility index (Phi) is 49.8. The SMILES string of the molecule is CCCCC\C=C/C=C\C=C/C=C\CCCCCCCC(=O)OCC(COC(=O)CCCCCCCCCCC)OC(=O)CCCCCCCCCCCCCCCCCCCC. The van der Waals surface area contributed by atoms with Gasteiger partial charge in [0.1, 0.15) is 13.2 Å². The first-order valence-electron chi connectivity index (χ1n) is 27.2. The molecule has 0 aliphatic heterocycles. The van der Waals surface area contributed by atoms with Gasteiger partial charge in [0.2, 0.25) is 0 Å². The van der Waals surface area contributed by atoms with Crippen LogP contribution in [-0.2, 0) is 28.6 Å². The molecule has 1 atom stereocenters. The second-order valence-corrected chi connectivity index (χ2v) is 18.2. The van der Waals surface area contributed by atoms with E-state index in [1.807, 2.05) is 0 Å². The number of carbonyl (C=O) groups excluding carboxylic acids is 3. The fraction of sp³-hybridized carbons (Fsp3) is 0.807. The molecule has 0 heterocycles. The van der Waals surface area contributed by atoms with E-state index in [0.29, 0.717) is 19.3 Å². The lowest BCUT2D eigenvalue weighted by Gasteiger charge is -2.18. The molecule has 0 aliphatic carbocycles. The quantitative estimate of drug-likeness (QED) is 0.0262. The van der Waals surface area contributed by atoms with Crippen LogP contribution < -0.4 is 0 Å². The maximum Gasteiger partial charge on any atom is 0.306 e. The van der Waals surface area contributed by atoms with Crippen LogP contribution in [0.4, 0.5) is 0 Å². The number of hydrogen-bond acceptors (Lipinski definition) is 6. The Morgan fingerprint density at radius 3 is 0.921 bits per heavy atom. The summed E-state index contributed by atoms with van der Waals surface area (Å²) in [4.78, 5) is 38.0. The predicted octanol–water partition coefficient (Wildman–Crippen LogP) is 17.9. The predicted molar refractivity (Wildman–Crippen MR) is 270 cm³/mol. The molecule has 0 fully saturated rings. The smallest absolute Gasteiger partial charge is 0.306 e. The van der Waals surface area contributed by atoms with Crippen LogP contribution in [0.2, 0.25) is 0 Å². The van der Waals surface area contributed by atoms with Crippen LogP contribution in [0.3, 0.4) is 0 Å². The molecule has 0 aliphatic rings. The van der Waals surface area contributed by atoms with E-state index >= 15 is 0 Å². The van der Waals surface area contributed by atoms with Crippen LogP contribution >= 0.6 is 0 Å². The van der Waals surface area contributed by atoms with Gasteiger partial charge in [-0.25, -0.2) is 0 Å². The zero-order chi connectivity index (χ0) is 45.8. The maximum atomic E-state index is 12.8. The average Bonchev–Trinajstić information content (AvgIpc) is 3.28. The molecule has 63 heavy (non-hydrogen) atoms. The van der Waals surface area contributed by atoms with Gasteiger partial charge >= 0.3 is 17.9 Å². The molecule has 0 aromatic heterocycles. The van der Waals surface area contributed by atoms with Crippen molar-refractivity contribution in [3.05, 3.63) is 48.6 Å². The third kappa shape index (κ3) is 50.2. The second-order valence-electron chi connectivity index (χ2n) is 18.2. The Morgan fingerprint density at radius 2 is 0.571 bits per heavy atom. The van der Waals surface area contributed by atoms with Gasteiger partial charge in [0, 0.05) is 19.3 Å². The molecule has 6 nitrogen and oxygen atoms in total. The summed E-state index contributed by atoms with van der Waals surface area (Å²) in [6, 6.07) is 0. The van der Waals surface area contributed by atoms with E-state index in [1.54, 1.807) is 0 Å². The molecule has 6 heteroatoms. The maximum absolute atomic E-state index is 12.8. The highest BCUT2D eigenvalue weighted by Crippen LogP contribution is 2.16. The molecule has 0 saturated carbocycles. The largest absolute Gasteiger partial charge is 0.462 e. The topological polar surface area (TPSA) is 78.9 Å². The molecular weight excluding hydrogens is 781 g/mol. The zero-order valence-corrected chi connectivity index (χ0v) is 41.8. The number of ether oxygens (including phenoxy) is 3. The van der Waals surface area contributed by atoms with E-state index in [9.17, 15) is 14.4 Å². The minimum atomic E-state index is -0.778. The normalized spacial score (nSPS) is 12.4. The minimum Gasteiger partial charge on any atom is -0.462 e. The van der Waals surface area contributed by atoms with Crippen molar-refractivity contribution in [2.75, 3.05) is 13.2 Å². The Bertz CT molecular complexity index is 1110. The van der Waals surface area contributed by atoms with E-state index in [0.717, 1.165) is 83.5 Å². The van der Waals surface area contributed by atoms with Gasteiger partial charge in [-0.2, -0.15) is 0 Å². The molecule has 0 bridgehead atoms. The van der Waals surface area contributed by atoms with Crippen molar-refractivity contribution in [1.29, 1.82) is 0 Å². The van der Waals surface area contributed by atoms with Crippen molar-refractivity contribution in [3.8, 4) is 0 Å². The highest BCUT2D eigenvalue weighted by atomic mass is 16.6. The third-order valence-electron chi connectivity index (χ3n) is 11.9. The van der Waals surface area contributed by atoms with Gasteiger partial charge in [-0.3, -0.25) is 14.4 Å². The van der Waals surface area contributed by atoms with Crippen molar-refractivity contribution < 1.29 is 28.6 Å². The lowest BCUT2D eigenvalue weighted by Crippen LogP contribution is -2.30. The molecule has 0 spiro atoms. The van der Waals surface area contributed by atoms with E-state index in [4.69, 9.17) is 14.2 Å². The first kappa shape index (κ1) is 60.4. The van der Waals surface area contributed by atoms with Gasteiger partial charge in [0.05, 0.1) is 0 Å². The summed E-state index contributed by atoms with van der Waals surface area (Å²) in [7, 11) is 0. The van der Waals surface area contributed by atoms with Crippen molar-refractivity contribution in [2.45, 2.75) is 284 Å². The molecule has 0 aromatic rings. The van der Waals surface area contributed by atoms with E-state index in [2.05, 4.69) is 69.4 Å². The molecule has 0 saturated heterocycles. The molecule has 1 unspecified atom stereocenters. The Morgan fingerprint density at radius 1 is 0.317 bits per heavy atom. The summed E-state index contributed by atoms with van der Waals surface area (Å²) in [5.74, 6) is -0.892. The Balaban J connectivity index is 4.33. The number of carbonyl (C=O) groups is 3. The van der Waals surface area contributed by atoms with Crippen LogP contribution in [0, 0.1) is 0 Å². The first-order valence-corrected chi connectivity index (χ1v) is 27.2. The number of unbranched alkanes of at least 4 members (excludes halogenated alkanes) is 33. The molecule has 0 radical (unpaired) electrons. The van der Waals surface area contributed by atoms with Crippen molar-refractivity contribution in [3.63, 3.8) is 0 Å². The average molecular weight is 883 g/mol. The van der Waals surface area contributed by atoms with Crippen molar-refractivity contribution in [1.82, 2.24) is 0 Å². The van der Waals surface area contributed by atoms with E-state index in [-0.39, 0.29) is 31.1 Å². The van der Waals surface area contributed by atoms with Crippen LogP contribution in [-0.4, -0.2) is 37.2 Å². The Labute approximate surface area is 390 Å². The van der Waals surface area contributed by atoms with Gasteiger partial charge in [0.25, 0.3) is 0 Å². The number of rotatable bonds is 49. The monoisotopic (exact) mass is 883 g/mol. The highest BCUT2D eigenvalue weighted by Gasteiger charge is 2.19. The van der Waals surface area contributed by atoms with E-state index < -0.39 is 6.10 Å². The van der Waals surface area contributed by atoms with Gasteiger partial charge in [0.15, 0.2) is 6.10 Å². The number of esters is 3. The van der Waals surface area contributed by atoms with Gasteiger partial charge in [-0.05, 0) is 44.9 Å². The van der Waals surface area contributed by atoms with Crippen LogP contribution in [0.1, 0.15) is 278 Å². The lowest BCUT2D eigenvalue weighted by molar-refractivity contribution is -0.167. The minimum absolute atomic E-state index is 0.0775. The summed E-state index contributed by atoms with van der Waals surface area (Å²) in [5, 5.41) is 0. The van der Waals surface area contributed by atoms with Crippen LogP contribution in [0.25, 0.3) is 0 Å². The summed E-state index contributed by atoms with van der Waals surface area (Å²) in [5.41, 5.74) is 0. The Hall–Kier alpha value is -2.63. The molecule has 0 amide bonds. The van der Waals surface area contributed by atoms with Gasteiger partial charge in [-0.1, -0.05) is 262 Å².